The van der Waals surface area contributed by atoms with Crippen molar-refractivity contribution in [3.05, 3.63) is 71.4 Å². The van der Waals surface area contributed by atoms with Crippen LogP contribution < -0.4 is 5.32 Å². The fourth-order valence-corrected chi connectivity index (χ4v) is 6.21. The summed E-state index contributed by atoms with van der Waals surface area (Å²) in [4.78, 5) is 30.0. The Balaban J connectivity index is 1.13. The van der Waals surface area contributed by atoms with Crippen LogP contribution in [0.15, 0.2) is 42.9 Å². The summed E-state index contributed by atoms with van der Waals surface area (Å²) in [7, 11) is 0. The van der Waals surface area contributed by atoms with Crippen molar-refractivity contribution in [2.75, 3.05) is 11.9 Å². The highest BCUT2D eigenvalue weighted by atomic mass is 19.1. The quantitative estimate of drug-likeness (QED) is 0.339. The first-order valence-electron chi connectivity index (χ1n) is 13.9. The zero-order valence-electron chi connectivity index (χ0n) is 23.1. The SMILES string of the molecule is Cc1cc(Nc2cc(C)nc([C@H]3CC[C@@]4(CCCN([C@H](C)c5ccc(-n6cc(F)cn6)nc5)C4=O)CC3)n2)[nH]n1. The smallest absolute Gasteiger partial charge is 0.229 e. The zero-order chi connectivity index (χ0) is 27.9. The van der Waals surface area contributed by atoms with Gasteiger partial charge in [0.1, 0.15) is 17.5 Å². The molecule has 0 bridgehead atoms. The molecule has 2 aliphatic rings. The predicted octanol–water partition coefficient (Wildman–Crippen LogP) is 5.31. The fourth-order valence-electron chi connectivity index (χ4n) is 6.21. The summed E-state index contributed by atoms with van der Waals surface area (Å²) < 4.78 is 14.8. The maximum absolute atomic E-state index is 14.0. The number of aryl methyl sites for hydroxylation is 2. The van der Waals surface area contributed by atoms with Gasteiger partial charge in [0.2, 0.25) is 5.91 Å². The molecule has 0 unspecified atom stereocenters. The van der Waals surface area contributed by atoms with Gasteiger partial charge in [0.15, 0.2) is 11.6 Å². The topological polar surface area (TPSA) is 118 Å². The summed E-state index contributed by atoms with van der Waals surface area (Å²) >= 11 is 0. The van der Waals surface area contributed by atoms with E-state index in [0.717, 1.165) is 85.7 Å². The van der Waals surface area contributed by atoms with Gasteiger partial charge in [-0.1, -0.05) is 6.07 Å². The number of anilines is 2. The number of nitrogens with zero attached hydrogens (tertiary/aromatic N) is 7. The molecular weight excluding hydrogens is 509 g/mol. The molecule has 2 N–H and O–H groups in total. The van der Waals surface area contributed by atoms with Gasteiger partial charge in [-0.2, -0.15) is 10.2 Å². The van der Waals surface area contributed by atoms with Gasteiger partial charge in [-0.3, -0.25) is 9.89 Å². The van der Waals surface area contributed by atoms with Crippen LogP contribution in [0.1, 0.15) is 80.2 Å². The van der Waals surface area contributed by atoms with Crippen molar-refractivity contribution in [3.8, 4) is 5.82 Å². The van der Waals surface area contributed by atoms with Gasteiger partial charge in [-0.05, 0) is 70.9 Å². The highest BCUT2D eigenvalue weighted by Crippen LogP contribution is 2.49. The summed E-state index contributed by atoms with van der Waals surface area (Å²) in [6, 6.07) is 7.53. The standard InChI is InChI=1S/C29H34FN9O/c1-18-13-24(34-25-14-19(2)36-37-25)35-27(33-18)21-7-10-29(11-8-21)9-4-12-38(28(29)40)20(3)22-5-6-26(31-15-22)39-17-23(30)16-32-39/h5-6,13-17,20-21H,4,7-12H2,1-3H3,(H2,33,34,35,36,37)/t20-,21-,29-/m1/s1. The second-order valence-electron chi connectivity index (χ2n) is 11.2. The molecule has 1 atom stereocenters. The van der Waals surface area contributed by atoms with Crippen molar-refractivity contribution in [1.82, 2.24) is 39.8 Å². The van der Waals surface area contributed by atoms with Crippen LogP contribution in [0.4, 0.5) is 16.0 Å². The maximum atomic E-state index is 14.0. The molecule has 1 aliphatic carbocycles. The number of likely N-dealkylation sites (tertiary alicyclic amines) is 1. The van der Waals surface area contributed by atoms with Gasteiger partial charge in [0, 0.05) is 41.9 Å². The molecular formula is C29H34FN9O. The summed E-state index contributed by atoms with van der Waals surface area (Å²) in [5, 5.41) is 14.4. The number of halogens is 1. The number of aromatic nitrogens is 7. The number of H-pyrrole nitrogens is 1. The van der Waals surface area contributed by atoms with Crippen LogP contribution in [-0.2, 0) is 4.79 Å². The lowest BCUT2D eigenvalue weighted by Gasteiger charge is -2.47. The van der Waals surface area contributed by atoms with E-state index in [0.29, 0.717) is 5.82 Å². The Morgan fingerprint density at radius 3 is 2.60 bits per heavy atom. The highest BCUT2D eigenvalue weighted by molar-refractivity contribution is 5.84. The molecule has 1 amide bonds. The van der Waals surface area contributed by atoms with Crippen LogP contribution >= 0.6 is 0 Å². The van der Waals surface area contributed by atoms with E-state index in [9.17, 15) is 9.18 Å². The molecule has 6 rings (SSSR count). The van der Waals surface area contributed by atoms with Crippen molar-refractivity contribution >= 4 is 17.5 Å². The number of piperidine rings is 1. The lowest BCUT2D eigenvalue weighted by Crippen LogP contribution is -2.50. The number of carbonyl (C=O) groups excluding carboxylic acids is 1. The first-order chi connectivity index (χ1) is 19.3. The molecule has 0 radical (unpaired) electrons. The van der Waals surface area contributed by atoms with Gasteiger partial charge in [-0.25, -0.2) is 24.0 Å². The number of carbonyl (C=O) groups is 1. The van der Waals surface area contributed by atoms with E-state index in [1.807, 2.05) is 43.0 Å². The Hall–Kier alpha value is -4.15. The van der Waals surface area contributed by atoms with Gasteiger partial charge in [0.05, 0.1) is 24.1 Å². The molecule has 10 nitrogen and oxygen atoms in total. The number of nitrogens with one attached hydrogen (secondary N) is 2. The van der Waals surface area contributed by atoms with Crippen LogP contribution in [0.3, 0.4) is 0 Å². The molecule has 1 spiro atoms. The van der Waals surface area contributed by atoms with E-state index in [-0.39, 0.29) is 23.3 Å². The summed E-state index contributed by atoms with van der Waals surface area (Å²) in [6.07, 6.45) is 9.55. The average Bonchev–Trinajstić information content (AvgIpc) is 3.57. The molecule has 40 heavy (non-hydrogen) atoms. The molecule has 1 saturated carbocycles. The Morgan fingerprint density at radius 1 is 1.10 bits per heavy atom. The second-order valence-corrected chi connectivity index (χ2v) is 11.2. The molecule has 4 aromatic heterocycles. The van der Waals surface area contributed by atoms with Crippen LogP contribution in [0.25, 0.3) is 5.82 Å². The van der Waals surface area contributed by atoms with Crippen LogP contribution in [-0.4, -0.2) is 52.3 Å². The summed E-state index contributed by atoms with van der Waals surface area (Å²) in [5.74, 6) is 2.97. The Kier molecular flexibility index (Phi) is 6.81. The number of hydrogen-bond acceptors (Lipinski definition) is 7. The average molecular weight is 544 g/mol. The van der Waals surface area contributed by atoms with Crippen LogP contribution in [0, 0.1) is 25.1 Å². The maximum Gasteiger partial charge on any atom is 0.229 e. The molecule has 1 aliphatic heterocycles. The normalized spacial score (nSPS) is 22.1. The number of aromatic amines is 1. The van der Waals surface area contributed by atoms with Gasteiger partial charge >= 0.3 is 0 Å². The fraction of sp³-hybridized carbons (Fsp3) is 0.448. The van der Waals surface area contributed by atoms with Crippen molar-refractivity contribution in [2.45, 2.75) is 71.3 Å². The minimum atomic E-state index is -0.409. The Morgan fingerprint density at radius 2 is 1.93 bits per heavy atom. The van der Waals surface area contributed by atoms with Gasteiger partial charge in [-0.15, -0.1) is 0 Å². The minimum absolute atomic E-state index is 0.0989. The van der Waals surface area contributed by atoms with Crippen molar-refractivity contribution < 1.29 is 9.18 Å². The number of pyridine rings is 1. The van der Waals surface area contributed by atoms with E-state index in [2.05, 4.69) is 32.5 Å². The van der Waals surface area contributed by atoms with Crippen LogP contribution in [0.5, 0.6) is 0 Å². The van der Waals surface area contributed by atoms with E-state index in [1.54, 1.807) is 6.20 Å². The van der Waals surface area contributed by atoms with Crippen molar-refractivity contribution in [1.29, 1.82) is 0 Å². The zero-order valence-corrected chi connectivity index (χ0v) is 23.1. The van der Waals surface area contributed by atoms with E-state index in [4.69, 9.17) is 9.97 Å². The van der Waals surface area contributed by atoms with Crippen LogP contribution in [0.2, 0.25) is 0 Å². The first kappa shape index (κ1) is 26.1. The third-order valence-electron chi connectivity index (χ3n) is 8.42. The first-order valence-corrected chi connectivity index (χ1v) is 13.9. The second kappa shape index (κ2) is 10.4. The molecule has 4 aromatic rings. The number of rotatable bonds is 6. The lowest BCUT2D eigenvalue weighted by atomic mass is 9.65. The summed E-state index contributed by atoms with van der Waals surface area (Å²) in [6.45, 7) is 6.71. The van der Waals surface area contributed by atoms with Crippen molar-refractivity contribution in [2.24, 2.45) is 5.41 Å². The summed E-state index contributed by atoms with van der Waals surface area (Å²) in [5.41, 5.74) is 2.44. The Labute approximate surface area is 232 Å². The molecule has 11 heteroatoms. The van der Waals surface area contributed by atoms with Gasteiger partial charge in [0.25, 0.3) is 0 Å². The highest BCUT2D eigenvalue weighted by Gasteiger charge is 2.47. The molecule has 208 valence electrons. The Bertz CT molecular complexity index is 1500. The van der Waals surface area contributed by atoms with E-state index < -0.39 is 5.82 Å². The molecule has 1 saturated heterocycles. The largest absolute Gasteiger partial charge is 0.335 e. The molecule has 0 aromatic carbocycles. The van der Waals surface area contributed by atoms with Crippen molar-refractivity contribution in [3.63, 3.8) is 0 Å². The molecule has 5 heterocycles. The third-order valence-corrected chi connectivity index (χ3v) is 8.42. The molecule has 2 fully saturated rings. The van der Waals surface area contributed by atoms with E-state index in [1.165, 1.54) is 10.9 Å². The monoisotopic (exact) mass is 543 g/mol. The third kappa shape index (κ3) is 5.07. The van der Waals surface area contributed by atoms with Gasteiger partial charge < -0.3 is 10.2 Å². The number of hydrogen-bond donors (Lipinski definition) is 2. The minimum Gasteiger partial charge on any atom is -0.335 e. The van der Waals surface area contributed by atoms with E-state index >= 15 is 0 Å². The lowest BCUT2D eigenvalue weighted by molar-refractivity contribution is -0.151. The number of amides is 1. The predicted molar refractivity (Wildman–Crippen MR) is 148 cm³/mol.